The quantitative estimate of drug-likeness (QED) is 0.280. The molecule has 4 aromatic carbocycles. The second kappa shape index (κ2) is 10.4. The van der Waals surface area contributed by atoms with E-state index in [1.807, 2.05) is 42.5 Å². The van der Waals surface area contributed by atoms with Gasteiger partial charge in [0.25, 0.3) is 0 Å². The molecule has 0 aromatic heterocycles. The average Bonchev–Trinajstić information content (AvgIpc) is 2.83. The largest absolute Gasteiger partial charge is 0.455 e. The molecule has 7 heteroatoms. The van der Waals surface area contributed by atoms with Crippen LogP contribution in [0.4, 0.5) is 23.2 Å². The van der Waals surface area contributed by atoms with Crippen molar-refractivity contribution < 1.29 is 27.1 Å². The Bertz CT molecular complexity index is 1300. The smallest absolute Gasteiger partial charge is 0.416 e. The molecular formula is C28H21F4NO2. The Balaban J connectivity index is 1.61. The molecule has 0 bridgehead atoms. The second-order valence-electron chi connectivity index (χ2n) is 7.93. The molecule has 0 aliphatic carbocycles. The van der Waals surface area contributed by atoms with E-state index in [1.165, 1.54) is 30.3 Å². The molecule has 0 unspecified atom stereocenters. The third kappa shape index (κ3) is 6.47. The van der Waals surface area contributed by atoms with Gasteiger partial charge in [-0.25, -0.2) is 4.39 Å². The number of ether oxygens (including phenoxy) is 1. The molecule has 0 atom stereocenters. The topological polar surface area (TPSA) is 38.3 Å². The fourth-order valence-corrected chi connectivity index (χ4v) is 3.56. The summed E-state index contributed by atoms with van der Waals surface area (Å²) in [5.41, 5.74) is 1.37. The van der Waals surface area contributed by atoms with Gasteiger partial charge in [-0.15, -0.1) is 0 Å². The number of nitrogens with one attached hydrogen (secondary N) is 1. The number of anilines is 1. The van der Waals surface area contributed by atoms with Crippen LogP contribution in [0.5, 0.6) is 11.5 Å². The predicted molar refractivity (Wildman–Crippen MR) is 126 cm³/mol. The Kier molecular flexibility index (Phi) is 7.15. The van der Waals surface area contributed by atoms with Gasteiger partial charge in [-0.1, -0.05) is 60.7 Å². The lowest BCUT2D eigenvalue weighted by molar-refractivity contribution is -0.137. The van der Waals surface area contributed by atoms with Crippen molar-refractivity contribution in [2.45, 2.75) is 19.0 Å². The second-order valence-corrected chi connectivity index (χ2v) is 7.93. The van der Waals surface area contributed by atoms with E-state index in [9.17, 15) is 22.4 Å². The maximum atomic E-state index is 13.4. The lowest BCUT2D eigenvalue weighted by atomic mass is 10.0. The standard InChI is InChI=1S/C28H21F4NO2/c29-23-13-10-20(11-14-23)17-27(34)33-24-18-22(28(30,31)32)12-15-26(24)35-25-9-5-4-8-21(25)16-19-6-2-1-3-7-19/h1-15,18H,16-17H2,(H,33,34). The van der Waals surface area contributed by atoms with Gasteiger partial charge in [0.15, 0.2) is 5.75 Å². The van der Waals surface area contributed by atoms with Crippen LogP contribution in [-0.2, 0) is 23.8 Å². The van der Waals surface area contributed by atoms with Gasteiger partial charge < -0.3 is 10.1 Å². The third-order valence-electron chi connectivity index (χ3n) is 5.29. The van der Waals surface area contributed by atoms with E-state index in [2.05, 4.69) is 5.32 Å². The minimum Gasteiger partial charge on any atom is -0.455 e. The van der Waals surface area contributed by atoms with Gasteiger partial charge in [-0.2, -0.15) is 13.2 Å². The van der Waals surface area contributed by atoms with Crippen LogP contribution in [0.3, 0.4) is 0 Å². The molecule has 0 aliphatic rings. The molecule has 4 rings (SSSR count). The van der Waals surface area contributed by atoms with E-state index in [1.54, 1.807) is 12.1 Å². The van der Waals surface area contributed by atoms with Crippen molar-refractivity contribution in [3.63, 3.8) is 0 Å². The maximum Gasteiger partial charge on any atom is 0.416 e. The molecular weight excluding hydrogens is 458 g/mol. The molecule has 0 fully saturated rings. The number of carbonyl (C=O) groups excluding carboxylic acids is 1. The summed E-state index contributed by atoms with van der Waals surface area (Å²) in [5.74, 6) is -0.466. The summed E-state index contributed by atoms with van der Waals surface area (Å²) >= 11 is 0. The normalized spacial score (nSPS) is 11.2. The number of hydrogen-bond acceptors (Lipinski definition) is 2. The first-order valence-corrected chi connectivity index (χ1v) is 10.8. The Morgan fingerprint density at radius 3 is 2.17 bits per heavy atom. The fraction of sp³-hybridized carbons (Fsp3) is 0.107. The minimum atomic E-state index is -4.60. The van der Waals surface area contributed by atoms with E-state index in [0.717, 1.165) is 23.3 Å². The van der Waals surface area contributed by atoms with Crippen molar-refractivity contribution in [1.29, 1.82) is 0 Å². The highest BCUT2D eigenvalue weighted by Crippen LogP contribution is 2.38. The zero-order valence-electron chi connectivity index (χ0n) is 18.5. The highest BCUT2D eigenvalue weighted by molar-refractivity contribution is 5.94. The minimum absolute atomic E-state index is 0.0750. The summed E-state index contributed by atoms with van der Waals surface area (Å²) in [6.07, 6.45) is -4.18. The zero-order valence-corrected chi connectivity index (χ0v) is 18.5. The van der Waals surface area contributed by atoms with Gasteiger partial charge in [0.1, 0.15) is 11.6 Å². The van der Waals surface area contributed by atoms with Gasteiger partial charge in [-0.3, -0.25) is 4.79 Å². The number of carbonyl (C=O) groups is 1. The van der Waals surface area contributed by atoms with Crippen LogP contribution in [-0.4, -0.2) is 5.91 Å². The number of benzene rings is 4. The van der Waals surface area contributed by atoms with Gasteiger partial charge in [0.2, 0.25) is 5.91 Å². The van der Waals surface area contributed by atoms with E-state index in [4.69, 9.17) is 4.74 Å². The molecule has 0 saturated heterocycles. The predicted octanol–water partition coefficient (Wildman–Crippen LogP) is 7.41. The average molecular weight is 479 g/mol. The van der Waals surface area contributed by atoms with Crippen molar-refractivity contribution in [3.8, 4) is 11.5 Å². The van der Waals surface area contributed by atoms with Crippen LogP contribution in [0, 0.1) is 5.82 Å². The van der Waals surface area contributed by atoms with Gasteiger partial charge >= 0.3 is 6.18 Å². The van der Waals surface area contributed by atoms with Crippen LogP contribution in [0.1, 0.15) is 22.3 Å². The molecule has 178 valence electrons. The summed E-state index contributed by atoms with van der Waals surface area (Å²) in [7, 11) is 0. The molecule has 4 aromatic rings. The van der Waals surface area contributed by atoms with E-state index >= 15 is 0 Å². The molecule has 0 spiro atoms. The van der Waals surface area contributed by atoms with Gasteiger partial charge in [0, 0.05) is 6.42 Å². The number of para-hydroxylation sites is 1. The van der Waals surface area contributed by atoms with Crippen LogP contribution in [0.15, 0.2) is 97.1 Å². The van der Waals surface area contributed by atoms with Crippen molar-refractivity contribution in [1.82, 2.24) is 0 Å². The van der Waals surface area contributed by atoms with Crippen molar-refractivity contribution >= 4 is 11.6 Å². The highest BCUT2D eigenvalue weighted by Gasteiger charge is 2.31. The summed E-state index contributed by atoms with van der Waals surface area (Å²) < 4.78 is 59.2. The molecule has 0 radical (unpaired) electrons. The first kappa shape index (κ1) is 24.0. The first-order valence-electron chi connectivity index (χ1n) is 10.8. The summed E-state index contributed by atoms with van der Waals surface area (Å²) in [5, 5.41) is 2.52. The third-order valence-corrected chi connectivity index (χ3v) is 5.29. The summed E-state index contributed by atoms with van der Waals surface area (Å²) in [6.45, 7) is 0. The van der Waals surface area contributed by atoms with Gasteiger partial charge in [-0.05, 0) is 53.1 Å². The first-order chi connectivity index (χ1) is 16.8. The van der Waals surface area contributed by atoms with Crippen molar-refractivity contribution in [2.24, 2.45) is 0 Å². The number of alkyl halides is 3. The lowest BCUT2D eigenvalue weighted by Crippen LogP contribution is -2.16. The zero-order chi connectivity index (χ0) is 24.8. The fourth-order valence-electron chi connectivity index (χ4n) is 3.56. The number of hydrogen-bond donors (Lipinski definition) is 1. The van der Waals surface area contributed by atoms with Gasteiger partial charge in [0.05, 0.1) is 17.7 Å². The summed E-state index contributed by atoms with van der Waals surface area (Å²) in [6, 6.07) is 25.2. The maximum absolute atomic E-state index is 13.4. The molecule has 0 saturated carbocycles. The number of rotatable bonds is 7. The number of amides is 1. The van der Waals surface area contributed by atoms with Crippen LogP contribution < -0.4 is 10.1 Å². The lowest BCUT2D eigenvalue weighted by Gasteiger charge is -2.17. The van der Waals surface area contributed by atoms with Crippen molar-refractivity contribution in [2.75, 3.05) is 5.32 Å². The SMILES string of the molecule is O=C(Cc1ccc(F)cc1)Nc1cc(C(F)(F)F)ccc1Oc1ccccc1Cc1ccccc1. The van der Waals surface area contributed by atoms with Crippen LogP contribution in [0.25, 0.3) is 0 Å². The van der Waals surface area contributed by atoms with E-state index < -0.39 is 23.5 Å². The summed E-state index contributed by atoms with van der Waals surface area (Å²) in [4.78, 5) is 12.6. The molecule has 0 heterocycles. The number of halogens is 4. The highest BCUT2D eigenvalue weighted by atomic mass is 19.4. The Labute approximate surface area is 200 Å². The molecule has 35 heavy (non-hydrogen) atoms. The Morgan fingerprint density at radius 2 is 1.46 bits per heavy atom. The van der Waals surface area contributed by atoms with E-state index in [0.29, 0.717) is 17.7 Å². The Hall–Kier alpha value is -4.13. The molecule has 1 N–H and O–H groups in total. The van der Waals surface area contributed by atoms with Crippen LogP contribution >= 0.6 is 0 Å². The molecule has 1 amide bonds. The molecule has 3 nitrogen and oxygen atoms in total. The van der Waals surface area contributed by atoms with Crippen molar-refractivity contribution in [3.05, 3.63) is 125 Å². The monoisotopic (exact) mass is 479 g/mol. The Morgan fingerprint density at radius 1 is 0.771 bits per heavy atom. The van der Waals surface area contributed by atoms with Crippen LogP contribution in [0.2, 0.25) is 0 Å². The molecule has 0 aliphatic heterocycles. The van der Waals surface area contributed by atoms with E-state index in [-0.39, 0.29) is 17.9 Å².